The minimum atomic E-state index is -0.326. The average molecular weight is 294 g/mol. The Morgan fingerprint density at radius 2 is 1.75 bits per heavy atom. The van der Waals surface area contributed by atoms with Crippen LogP contribution in [-0.2, 0) is 0 Å². The van der Waals surface area contributed by atoms with Crippen LogP contribution in [0.4, 0.5) is 4.39 Å². The van der Waals surface area contributed by atoms with E-state index in [9.17, 15) is 4.39 Å². The van der Waals surface area contributed by atoms with Gasteiger partial charge in [-0.25, -0.2) is 4.39 Å². The number of nitrogens with two attached hydrogens (primary N) is 1. The molecule has 0 aliphatic heterocycles. The molecule has 20 heavy (non-hydrogen) atoms. The van der Waals surface area contributed by atoms with Gasteiger partial charge in [-0.1, -0.05) is 11.6 Å². The maximum Gasteiger partial charge on any atom is 0.132 e. The highest BCUT2D eigenvalue weighted by Crippen LogP contribution is 2.32. The van der Waals surface area contributed by atoms with Crippen LogP contribution >= 0.6 is 11.6 Å². The zero-order valence-corrected chi connectivity index (χ0v) is 12.5. The van der Waals surface area contributed by atoms with Crippen molar-refractivity contribution in [1.82, 2.24) is 0 Å². The van der Waals surface area contributed by atoms with Gasteiger partial charge in [-0.15, -0.1) is 0 Å². The van der Waals surface area contributed by atoms with Crippen LogP contribution in [-0.4, -0.2) is 0 Å². The molecule has 0 aliphatic carbocycles. The molecule has 2 aromatic rings. The number of halogens is 2. The fraction of sp³-hybridized carbons (Fsp3) is 0.250. The lowest BCUT2D eigenvalue weighted by molar-refractivity contribution is 0.468. The number of rotatable bonds is 3. The molecule has 2 nitrogen and oxygen atoms in total. The number of ether oxygens (including phenoxy) is 1. The normalized spacial score (nSPS) is 12.3. The van der Waals surface area contributed by atoms with Crippen molar-refractivity contribution in [1.29, 1.82) is 0 Å². The summed E-state index contributed by atoms with van der Waals surface area (Å²) in [5.41, 5.74) is 8.36. The molecule has 0 bridgehead atoms. The molecule has 0 heterocycles. The highest BCUT2D eigenvalue weighted by atomic mass is 35.5. The summed E-state index contributed by atoms with van der Waals surface area (Å²) in [6, 6.07) is 7.74. The quantitative estimate of drug-likeness (QED) is 0.873. The first kappa shape index (κ1) is 14.8. The molecule has 0 spiro atoms. The Kier molecular flexibility index (Phi) is 4.31. The smallest absolute Gasteiger partial charge is 0.132 e. The van der Waals surface area contributed by atoms with E-state index >= 15 is 0 Å². The highest BCUT2D eigenvalue weighted by Gasteiger charge is 2.12. The standard InChI is InChI=1S/C16H17ClFNO/c1-9-6-13(7-10(2)16(9)17)20-15-5-4-12(18)8-14(15)11(3)19/h4-8,11H,19H2,1-3H3. The number of benzene rings is 2. The number of aryl methyl sites for hydroxylation is 2. The Balaban J connectivity index is 2.40. The minimum Gasteiger partial charge on any atom is -0.457 e. The van der Waals surface area contributed by atoms with E-state index in [1.165, 1.54) is 12.1 Å². The van der Waals surface area contributed by atoms with Gasteiger partial charge in [0.25, 0.3) is 0 Å². The summed E-state index contributed by atoms with van der Waals surface area (Å²) >= 11 is 6.13. The molecule has 1 unspecified atom stereocenters. The Morgan fingerprint density at radius 3 is 2.30 bits per heavy atom. The molecule has 0 fully saturated rings. The third kappa shape index (κ3) is 3.11. The SMILES string of the molecule is Cc1cc(Oc2ccc(F)cc2C(C)N)cc(C)c1Cl. The van der Waals surface area contributed by atoms with Crippen LogP contribution in [0.25, 0.3) is 0 Å². The van der Waals surface area contributed by atoms with Gasteiger partial charge in [0.1, 0.15) is 17.3 Å². The lowest BCUT2D eigenvalue weighted by Crippen LogP contribution is -2.07. The van der Waals surface area contributed by atoms with Crippen molar-refractivity contribution in [2.75, 3.05) is 0 Å². The Hall–Kier alpha value is -1.58. The molecule has 0 saturated carbocycles. The third-order valence-electron chi connectivity index (χ3n) is 3.10. The van der Waals surface area contributed by atoms with Crippen LogP contribution in [0.1, 0.15) is 29.7 Å². The van der Waals surface area contributed by atoms with Gasteiger partial charge >= 0.3 is 0 Å². The molecule has 2 rings (SSSR count). The first-order valence-electron chi connectivity index (χ1n) is 6.38. The third-order valence-corrected chi connectivity index (χ3v) is 3.70. The first-order valence-corrected chi connectivity index (χ1v) is 6.76. The van der Waals surface area contributed by atoms with E-state index in [0.29, 0.717) is 17.1 Å². The Bertz CT molecular complexity index is 617. The molecule has 4 heteroatoms. The zero-order valence-electron chi connectivity index (χ0n) is 11.7. The second-order valence-electron chi connectivity index (χ2n) is 4.94. The van der Waals surface area contributed by atoms with Crippen molar-refractivity contribution in [3.05, 3.63) is 57.9 Å². The molecule has 0 saturated heterocycles. The van der Waals surface area contributed by atoms with Crippen LogP contribution in [0.2, 0.25) is 5.02 Å². The summed E-state index contributed by atoms with van der Waals surface area (Å²) in [7, 11) is 0. The van der Waals surface area contributed by atoms with Crippen molar-refractivity contribution in [2.24, 2.45) is 5.73 Å². The largest absolute Gasteiger partial charge is 0.457 e. The summed E-state index contributed by atoms with van der Waals surface area (Å²) < 4.78 is 19.1. The van der Waals surface area contributed by atoms with Crippen molar-refractivity contribution < 1.29 is 9.13 Å². The first-order chi connectivity index (χ1) is 9.38. The van der Waals surface area contributed by atoms with Crippen LogP contribution in [0.5, 0.6) is 11.5 Å². The van der Waals surface area contributed by atoms with Crippen molar-refractivity contribution in [3.8, 4) is 11.5 Å². The highest BCUT2D eigenvalue weighted by molar-refractivity contribution is 6.32. The Morgan fingerprint density at radius 1 is 1.15 bits per heavy atom. The van der Waals surface area contributed by atoms with E-state index in [1.807, 2.05) is 26.0 Å². The zero-order chi connectivity index (χ0) is 14.9. The maximum atomic E-state index is 13.3. The van der Waals surface area contributed by atoms with E-state index in [4.69, 9.17) is 22.1 Å². The summed E-state index contributed by atoms with van der Waals surface area (Å²) in [5, 5.41) is 0.726. The molecule has 2 N–H and O–H groups in total. The van der Waals surface area contributed by atoms with Gasteiger partial charge in [0.2, 0.25) is 0 Å². The molecule has 0 radical (unpaired) electrons. The van der Waals surface area contributed by atoms with Gasteiger partial charge in [-0.05, 0) is 62.2 Å². The molecular formula is C16H17ClFNO. The minimum absolute atomic E-state index is 0.310. The van der Waals surface area contributed by atoms with Crippen LogP contribution in [0, 0.1) is 19.7 Å². The molecule has 106 valence electrons. The van der Waals surface area contributed by atoms with Gasteiger partial charge in [-0.3, -0.25) is 0 Å². The van der Waals surface area contributed by atoms with Gasteiger partial charge in [0, 0.05) is 16.6 Å². The second kappa shape index (κ2) is 5.81. The summed E-state index contributed by atoms with van der Waals surface area (Å²) in [6.45, 7) is 5.62. The molecule has 0 amide bonds. The molecule has 2 aromatic carbocycles. The van der Waals surface area contributed by atoms with Crippen molar-refractivity contribution in [2.45, 2.75) is 26.8 Å². The predicted molar refractivity (Wildman–Crippen MR) is 80.0 cm³/mol. The van der Waals surface area contributed by atoms with Gasteiger partial charge in [0.15, 0.2) is 0 Å². The fourth-order valence-corrected chi connectivity index (χ4v) is 2.17. The van der Waals surface area contributed by atoms with Gasteiger partial charge in [-0.2, -0.15) is 0 Å². The van der Waals surface area contributed by atoms with E-state index in [0.717, 1.165) is 16.1 Å². The second-order valence-corrected chi connectivity index (χ2v) is 5.32. The summed E-state index contributed by atoms with van der Waals surface area (Å²) in [4.78, 5) is 0. The van der Waals surface area contributed by atoms with Gasteiger partial charge in [0.05, 0.1) is 0 Å². The van der Waals surface area contributed by atoms with E-state index in [-0.39, 0.29) is 11.9 Å². The molecule has 0 aromatic heterocycles. The molecular weight excluding hydrogens is 277 g/mol. The van der Waals surface area contributed by atoms with Crippen LogP contribution in [0.15, 0.2) is 30.3 Å². The predicted octanol–water partition coefficient (Wildman–Crippen LogP) is 4.91. The van der Waals surface area contributed by atoms with Crippen molar-refractivity contribution in [3.63, 3.8) is 0 Å². The molecule has 1 atom stereocenters. The van der Waals surface area contributed by atoms with Gasteiger partial charge < -0.3 is 10.5 Å². The lowest BCUT2D eigenvalue weighted by atomic mass is 10.1. The number of hydrogen-bond donors (Lipinski definition) is 1. The lowest BCUT2D eigenvalue weighted by Gasteiger charge is -2.15. The van der Waals surface area contributed by atoms with Crippen LogP contribution in [0.3, 0.4) is 0 Å². The summed E-state index contributed by atoms with van der Waals surface area (Å²) in [6.07, 6.45) is 0. The van der Waals surface area contributed by atoms with Crippen LogP contribution < -0.4 is 10.5 Å². The Labute approximate surface area is 123 Å². The topological polar surface area (TPSA) is 35.2 Å². The average Bonchev–Trinajstić information content (AvgIpc) is 2.37. The van der Waals surface area contributed by atoms with E-state index in [2.05, 4.69) is 0 Å². The molecule has 0 aliphatic rings. The van der Waals surface area contributed by atoms with E-state index < -0.39 is 0 Å². The fourth-order valence-electron chi connectivity index (χ4n) is 2.06. The monoisotopic (exact) mass is 293 g/mol. The summed E-state index contributed by atoms with van der Waals surface area (Å²) in [5.74, 6) is 0.897. The van der Waals surface area contributed by atoms with Crippen molar-refractivity contribution >= 4 is 11.6 Å². The van der Waals surface area contributed by atoms with E-state index in [1.54, 1.807) is 13.0 Å². The maximum absolute atomic E-state index is 13.3. The number of hydrogen-bond acceptors (Lipinski definition) is 2.